The van der Waals surface area contributed by atoms with Crippen molar-refractivity contribution in [3.05, 3.63) is 35.6 Å². The summed E-state index contributed by atoms with van der Waals surface area (Å²) in [6.45, 7) is 9.98. The van der Waals surface area contributed by atoms with Crippen LogP contribution in [0.15, 0.2) is 24.3 Å². The molecule has 3 unspecified atom stereocenters. The van der Waals surface area contributed by atoms with E-state index in [1.807, 2.05) is 11.8 Å². The Labute approximate surface area is 151 Å². The van der Waals surface area contributed by atoms with Crippen molar-refractivity contribution in [2.45, 2.75) is 45.2 Å². The van der Waals surface area contributed by atoms with Gasteiger partial charge in [-0.05, 0) is 52.1 Å². The van der Waals surface area contributed by atoms with Gasteiger partial charge in [-0.2, -0.15) is 0 Å². The largest absolute Gasteiger partial charge is 0.339 e. The maximum Gasteiger partial charge on any atom is 0.230 e. The Morgan fingerprint density at radius 1 is 1.20 bits per heavy atom. The van der Waals surface area contributed by atoms with Crippen LogP contribution in [-0.4, -0.2) is 73.0 Å². The van der Waals surface area contributed by atoms with Gasteiger partial charge in [0.2, 0.25) is 5.91 Å². The summed E-state index contributed by atoms with van der Waals surface area (Å²) in [6.07, 6.45) is 0.730. The second-order valence-electron chi connectivity index (χ2n) is 7.49. The van der Waals surface area contributed by atoms with Crippen LogP contribution in [0.1, 0.15) is 38.7 Å². The third kappa shape index (κ3) is 5.02. The lowest BCUT2D eigenvalue weighted by atomic mass is 9.94. The van der Waals surface area contributed by atoms with Crippen molar-refractivity contribution >= 4 is 5.91 Å². The fourth-order valence-electron chi connectivity index (χ4n) is 3.76. The maximum atomic E-state index is 13.2. The zero-order valence-corrected chi connectivity index (χ0v) is 16.2. The van der Waals surface area contributed by atoms with Crippen LogP contribution in [0.4, 0.5) is 4.39 Å². The summed E-state index contributed by atoms with van der Waals surface area (Å²) in [7, 11) is 4.17. The van der Waals surface area contributed by atoms with Crippen LogP contribution in [-0.2, 0) is 4.79 Å². The SMILES string of the molecule is CCC(C(=O)N1CC(C)N(CCN(C)C)C(C)C1)c1ccc(F)cc1. The summed E-state index contributed by atoms with van der Waals surface area (Å²) in [4.78, 5) is 19.8. The second-order valence-corrected chi connectivity index (χ2v) is 7.49. The van der Waals surface area contributed by atoms with Crippen LogP contribution < -0.4 is 0 Å². The smallest absolute Gasteiger partial charge is 0.230 e. The van der Waals surface area contributed by atoms with E-state index in [1.54, 1.807) is 12.1 Å². The number of likely N-dealkylation sites (N-methyl/N-ethyl adjacent to an activating group) is 1. The van der Waals surface area contributed by atoms with Gasteiger partial charge < -0.3 is 9.80 Å². The van der Waals surface area contributed by atoms with E-state index < -0.39 is 0 Å². The molecule has 0 radical (unpaired) electrons. The summed E-state index contributed by atoms with van der Waals surface area (Å²) >= 11 is 0. The van der Waals surface area contributed by atoms with Crippen molar-refractivity contribution in [1.82, 2.24) is 14.7 Å². The molecule has 0 bridgehead atoms. The number of carbonyl (C=O) groups is 1. The van der Waals surface area contributed by atoms with Gasteiger partial charge in [0, 0.05) is 38.3 Å². The lowest BCUT2D eigenvalue weighted by Gasteiger charge is -2.45. The molecule has 4 nitrogen and oxygen atoms in total. The topological polar surface area (TPSA) is 26.8 Å². The fraction of sp³-hybridized carbons (Fsp3) is 0.650. The van der Waals surface area contributed by atoms with Crippen molar-refractivity contribution in [3.8, 4) is 0 Å². The average molecular weight is 349 g/mol. The van der Waals surface area contributed by atoms with Crippen molar-refractivity contribution < 1.29 is 9.18 Å². The Balaban J connectivity index is 2.05. The molecule has 140 valence electrons. The number of amides is 1. The molecule has 0 saturated carbocycles. The first-order valence-corrected chi connectivity index (χ1v) is 9.28. The lowest BCUT2D eigenvalue weighted by Crippen LogP contribution is -2.59. The highest BCUT2D eigenvalue weighted by Gasteiger charge is 2.34. The molecule has 1 amide bonds. The summed E-state index contributed by atoms with van der Waals surface area (Å²) in [5, 5.41) is 0. The van der Waals surface area contributed by atoms with Gasteiger partial charge in [-0.15, -0.1) is 0 Å². The average Bonchev–Trinajstić information content (AvgIpc) is 2.56. The molecule has 3 atom stereocenters. The van der Waals surface area contributed by atoms with Gasteiger partial charge in [-0.25, -0.2) is 4.39 Å². The van der Waals surface area contributed by atoms with Crippen molar-refractivity contribution in [2.75, 3.05) is 40.3 Å². The highest BCUT2D eigenvalue weighted by atomic mass is 19.1. The molecule has 1 fully saturated rings. The van der Waals surface area contributed by atoms with Gasteiger partial charge in [-0.1, -0.05) is 19.1 Å². The molecule has 25 heavy (non-hydrogen) atoms. The molecule has 1 aromatic rings. The quantitative estimate of drug-likeness (QED) is 0.790. The molecule has 1 aromatic carbocycles. The first-order chi connectivity index (χ1) is 11.8. The number of halogens is 1. The van der Waals surface area contributed by atoms with E-state index >= 15 is 0 Å². The molecule has 0 N–H and O–H groups in total. The molecule has 1 heterocycles. The third-order valence-electron chi connectivity index (χ3n) is 5.20. The lowest BCUT2D eigenvalue weighted by molar-refractivity contribution is -0.137. The number of benzene rings is 1. The summed E-state index contributed by atoms with van der Waals surface area (Å²) in [5.74, 6) is -0.281. The molecular weight excluding hydrogens is 317 g/mol. The van der Waals surface area contributed by atoms with Crippen molar-refractivity contribution in [1.29, 1.82) is 0 Å². The standard InChI is InChI=1S/C20H32FN3O/c1-6-19(17-7-9-18(21)10-8-17)20(25)23-13-15(2)24(16(3)14-23)12-11-22(4)5/h7-10,15-16,19H,6,11-14H2,1-5H3. The van der Waals surface area contributed by atoms with E-state index in [1.165, 1.54) is 12.1 Å². The number of rotatable bonds is 6. The molecule has 2 rings (SSSR count). The van der Waals surface area contributed by atoms with Crippen LogP contribution >= 0.6 is 0 Å². The summed E-state index contributed by atoms with van der Waals surface area (Å²) < 4.78 is 13.2. The van der Waals surface area contributed by atoms with Crippen molar-refractivity contribution in [2.24, 2.45) is 0 Å². The van der Waals surface area contributed by atoms with Crippen molar-refractivity contribution in [3.63, 3.8) is 0 Å². The van der Waals surface area contributed by atoms with Gasteiger partial charge >= 0.3 is 0 Å². The molecule has 1 aliphatic rings. The zero-order valence-electron chi connectivity index (χ0n) is 16.2. The molecule has 5 heteroatoms. The van der Waals surface area contributed by atoms with Gasteiger partial charge in [0.05, 0.1) is 5.92 Å². The van der Waals surface area contributed by atoms with E-state index in [-0.39, 0.29) is 17.6 Å². The Kier molecular flexibility index (Phi) is 6.96. The Hall–Kier alpha value is -1.46. The minimum atomic E-state index is -0.261. The number of hydrogen-bond acceptors (Lipinski definition) is 3. The Morgan fingerprint density at radius 3 is 2.24 bits per heavy atom. The highest BCUT2D eigenvalue weighted by Crippen LogP contribution is 2.25. The predicted molar refractivity (Wildman–Crippen MR) is 100 cm³/mol. The normalized spacial score (nSPS) is 23.1. The Morgan fingerprint density at radius 2 is 1.76 bits per heavy atom. The van der Waals surface area contributed by atoms with Crippen LogP contribution in [0.5, 0.6) is 0 Å². The minimum absolute atomic E-state index is 0.167. The van der Waals surface area contributed by atoms with E-state index in [2.05, 4.69) is 37.7 Å². The minimum Gasteiger partial charge on any atom is -0.339 e. The molecular formula is C20H32FN3O. The number of nitrogens with zero attached hydrogens (tertiary/aromatic N) is 3. The molecule has 0 aromatic heterocycles. The van der Waals surface area contributed by atoms with Crippen LogP contribution in [0, 0.1) is 5.82 Å². The van der Waals surface area contributed by atoms with E-state index in [4.69, 9.17) is 0 Å². The zero-order chi connectivity index (χ0) is 18.6. The van der Waals surface area contributed by atoms with Gasteiger partial charge in [0.25, 0.3) is 0 Å². The highest BCUT2D eigenvalue weighted by molar-refractivity contribution is 5.84. The third-order valence-corrected chi connectivity index (χ3v) is 5.20. The monoisotopic (exact) mass is 349 g/mol. The molecule has 1 saturated heterocycles. The first-order valence-electron chi connectivity index (χ1n) is 9.28. The van der Waals surface area contributed by atoms with Crippen LogP contribution in [0.2, 0.25) is 0 Å². The Bertz CT molecular complexity index is 549. The second kappa shape index (κ2) is 8.77. The molecule has 0 spiro atoms. The van der Waals surface area contributed by atoms with E-state index in [0.29, 0.717) is 12.1 Å². The fourth-order valence-corrected chi connectivity index (χ4v) is 3.76. The van der Waals surface area contributed by atoms with Crippen LogP contribution in [0.25, 0.3) is 0 Å². The number of piperazine rings is 1. The summed E-state index contributed by atoms with van der Waals surface area (Å²) in [6, 6.07) is 7.05. The first kappa shape index (κ1) is 19.9. The van der Waals surface area contributed by atoms with Crippen LogP contribution in [0.3, 0.4) is 0 Å². The van der Waals surface area contributed by atoms with Gasteiger partial charge in [-0.3, -0.25) is 9.69 Å². The van der Waals surface area contributed by atoms with E-state index in [0.717, 1.165) is 38.2 Å². The molecule has 0 aliphatic carbocycles. The summed E-state index contributed by atoms with van der Waals surface area (Å²) in [5.41, 5.74) is 0.907. The van der Waals surface area contributed by atoms with Gasteiger partial charge in [0.15, 0.2) is 0 Å². The van der Waals surface area contributed by atoms with E-state index in [9.17, 15) is 9.18 Å². The maximum absolute atomic E-state index is 13.2. The number of hydrogen-bond donors (Lipinski definition) is 0. The van der Waals surface area contributed by atoms with Gasteiger partial charge in [0.1, 0.15) is 5.82 Å². The predicted octanol–water partition coefficient (Wildman–Crippen LogP) is 2.80. The molecule has 1 aliphatic heterocycles. The number of carbonyl (C=O) groups excluding carboxylic acids is 1.